The number of urea groups is 1. The van der Waals surface area contributed by atoms with Gasteiger partial charge in [-0.25, -0.2) is 4.79 Å². The Morgan fingerprint density at radius 2 is 2.07 bits per heavy atom. The minimum Gasteiger partial charge on any atom is -0.497 e. The summed E-state index contributed by atoms with van der Waals surface area (Å²) in [6, 6.07) is 7.22. The molecule has 0 saturated carbocycles. The summed E-state index contributed by atoms with van der Waals surface area (Å²) >= 11 is 0. The Kier molecular flexibility index (Phi) is 8.39. The Labute approximate surface area is 161 Å². The number of ether oxygens (including phenoxy) is 2. The first kappa shape index (κ1) is 21.0. The summed E-state index contributed by atoms with van der Waals surface area (Å²) in [5, 5.41) is 5.82. The molecule has 1 fully saturated rings. The average Bonchev–Trinajstić information content (AvgIpc) is 2.68. The molecule has 7 nitrogen and oxygen atoms in total. The third kappa shape index (κ3) is 6.43. The molecule has 2 rings (SSSR count). The number of benzene rings is 1. The second kappa shape index (κ2) is 10.8. The third-order valence-corrected chi connectivity index (χ3v) is 5.10. The Balaban J connectivity index is 1.87. The van der Waals surface area contributed by atoms with Crippen molar-refractivity contribution in [2.75, 3.05) is 45.8 Å². The predicted octanol–water partition coefficient (Wildman–Crippen LogP) is 2.73. The topological polar surface area (TPSA) is 79.9 Å². The normalized spacial score (nSPS) is 19.4. The van der Waals surface area contributed by atoms with Crippen molar-refractivity contribution >= 4 is 17.6 Å². The van der Waals surface area contributed by atoms with Crippen molar-refractivity contribution in [1.29, 1.82) is 0 Å². The van der Waals surface area contributed by atoms with Crippen LogP contribution >= 0.6 is 0 Å². The summed E-state index contributed by atoms with van der Waals surface area (Å²) in [7, 11) is 3.22. The van der Waals surface area contributed by atoms with Gasteiger partial charge in [0.1, 0.15) is 5.75 Å². The standard InChI is InChI=1S/C20H31N3O4/c1-4-15-14-23(10-8-16(15)12-19(24)21-9-11-26-2)20(25)22-17-6-5-7-18(13-17)27-3/h5-7,13,15-16H,4,8-12,14H2,1-3H3,(H,21,24)(H,22,25)/t15-,16-/m0/s1. The van der Waals surface area contributed by atoms with Gasteiger partial charge in [-0.15, -0.1) is 0 Å². The van der Waals surface area contributed by atoms with Crippen LogP contribution in [0.5, 0.6) is 5.75 Å². The Morgan fingerprint density at radius 1 is 1.26 bits per heavy atom. The number of hydrogen-bond donors (Lipinski definition) is 2. The smallest absolute Gasteiger partial charge is 0.321 e. The summed E-state index contributed by atoms with van der Waals surface area (Å²) in [6.07, 6.45) is 2.29. The lowest BCUT2D eigenvalue weighted by molar-refractivity contribution is -0.123. The van der Waals surface area contributed by atoms with E-state index in [-0.39, 0.29) is 11.9 Å². The Bertz CT molecular complexity index is 623. The lowest BCUT2D eigenvalue weighted by atomic mass is 9.81. The average molecular weight is 377 g/mol. The molecule has 0 aliphatic carbocycles. The molecule has 7 heteroatoms. The number of carbonyl (C=O) groups excluding carboxylic acids is 2. The number of anilines is 1. The van der Waals surface area contributed by atoms with Gasteiger partial charge >= 0.3 is 6.03 Å². The van der Waals surface area contributed by atoms with Gasteiger partial charge in [-0.2, -0.15) is 0 Å². The van der Waals surface area contributed by atoms with Crippen LogP contribution in [0.3, 0.4) is 0 Å². The molecule has 1 heterocycles. The first-order valence-electron chi connectivity index (χ1n) is 9.53. The van der Waals surface area contributed by atoms with E-state index in [4.69, 9.17) is 9.47 Å². The highest BCUT2D eigenvalue weighted by molar-refractivity contribution is 5.89. The molecule has 0 aromatic heterocycles. The molecule has 1 aromatic rings. The summed E-state index contributed by atoms with van der Waals surface area (Å²) in [5.41, 5.74) is 0.715. The van der Waals surface area contributed by atoms with Crippen LogP contribution in [0.1, 0.15) is 26.2 Å². The molecule has 1 aromatic carbocycles. The maximum Gasteiger partial charge on any atom is 0.321 e. The number of rotatable bonds is 8. The van der Waals surface area contributed by atoms with E-state index in [2.05, 4.69) is 17.6 Å². The van der Waals surface area contributed by atoms with E-state index in [9.17, 15) is 9.59 Å². The van der Waals surface area contributed by atoms with Crippen molar-refractivity contribution in [2.24, 2.45) is 11.8 Å². The second-order valence-corrected chi connectivity index (χ2v) is 6.87. The summed E-state index contributed by atoms with van der Waals surface area (Å²) in [5.74, 6) is 1.39. The van der Waals surface area contributed by atoms with Gasteiger partial charge in [-0.05, 0) is 30.4 Å². The number of piperidine rings is 1. The lowest BCUT2D eigenvalue weighted by Gasteiger charge is -2.38. The number of carbonyl (C=O) groups is 2. The molecule has 1 aliphatic heterocycles. The van der Waals surface area contributed by atoms with E-state index in [1.165, 1.54) is 0 Å². The first-order chi connectivity index (χ1) is 13.1. The van der Waals surface area contributed by atoms with Crippen molar-refractivity contribution < 1.29 is 19.1 Å². The van der Waals surface area contributed by atoms with Crippen LogP contribution in [0.2, 0.25) is 0 Å². The van der Waals surface area contributed by atoms with Crippen molar-refractivity contribution in [1.82, 2.24) is 10.2 Å². The molecule has 0 spiro atoms. The molecule has 150 valence electrons. The number of nitrogens with zero attached hydrogens (tertiary/aromatic N) is 1. The predicted molar refractivity (Wildman–Crippen MR) is 105 cm³/mol. The highest BCUT2D eigenvalue weighted by atomic mass is 16.5. The van der Waals surface area contributed by atoms with Crippen LogP contribution < -0.4 is 15.4 Å². The fourth-order valence-corrected chi connectivity index (χ4v) is 3.50. The van der Waals surface area contributed by atoms with E-state index in [1.54, 1.807) is 20.3 Å². The molecule has 3 amide bonds. The van der Waals surface area contributed by atoms with Crippen molar-refractivity contribution in [3.63, 3.8) is 0 Å². The summed E-state index contributed by atoms with van der Waals surface area (Å²) in [6.45, 7) is 4.49. The van der Waals surface area contributed by atoms with Crippen molar-refractivity contribution in [3.8, 4) is 5.75 Å². The molecule has 0 unspecified atom stereocenters. The summed E-state index contributed by atoms with van der Waals surface area (Å²) < 4.78 is 10.1. The molecule has 0 bridgehead atoms. The van der Waals surface area contributed by atoms with Crippen LogP contribution in [-0.4, -0.2) is 57.3 Å². The van der Waals surface area contributed by atoms with Gasteiger partial charge in [0.25, 0.3) is 0 Å². The SMILES string of the molecule is CC[C@H]1CN(C(=O)Nc2cccc(OC)c2)CC[C@H]1CC(=O)NCCOC. The molecule has 27 heavy (non-hydrogen) atoms. The van der Waals surface area contributed by atoms with Crippen LogP contribution in [0.25, 0.3) is 0 Å². The maximum atomic E-state index is 12.6. The van der Waals surface area contributed by atoms with Gasteiger partial charge in [-0.3, -0.25) is 4.79 Å². The van der Waals surface area contributed by atoms with Crippen LogP contribution in [-0.2, 0) is 9.53 Å². The molecule has 0 radical (unpaired) electrons. The van der Waals surface area contributed by atoms with Crippen LogP contribution in [0.4, 0.5) is 10.5 Å². The van der Waals surface area contributed by atoms with Crippen molar-refractivity contribution in [3.05, 3.63) is 24.3 Å². The van der Waals surface area contributed by atoms with E-state index in [0.29, 0.717) is 55.9 Å². The molecule has 1 aliphatic rings. The molecular weight excluding hydrogens is 346 g/mol. The highest BCUT2D eigenvalue weighted by Crippen LogP contribution is 2.29. The Morgan fingerprint density at radius 3 is 2.78 bits per heavy atom. The van der Waals surface area contributed by atoms with E-state index in [1.807, 2.05) is 23.1 Å². The van der Waals surface area contributed by atoms with E-state index >= 15 is 0 Å². The van der Waals surface area contributed by atoms with Gasteiger partial charge in [-0.1, -0.05) is 19.4 Å². The van der Waals surface area contributed by atoms with Gasteiger partial charge in [0.15, 0.2) is 0 Å². The fraction of sp³-hybridized carbons (Fsp3) is 0.600. The van der Waals surface area contributed by atoms with Gasteiger partial charge < -0.3 is 25.0 Å². The quantitative estimate of drug-likeness (QED) is 0.683. The van der Waals surface area contributed by atoms with Gasteiger partial charge in [0.2, 0.25) is 5.91 Å². The first-order valence-corrected chi connectivity index (χ1v) is 9.53. The lowest BCUT2D eigenvalue weighted by Crippen LogP contribution is -2.46. The minimum absolute atomic E-state index is 0.0600. The van der Waals surface area contributed by atoms with E-state index < -0.39 is 0 Å². The molecule has 2 atom stereocenters. The number of nitrogens with one attached hydrogen (secondary N) is 2. The number of amides is 3. The summed E-state index contributed by atoms with van der Waals surface area (Å²) in [4.78, 5) is 26.5. The largest absolute Gasteiger partial charge is 0.497 e. The van der Waals surface area contributed by atoms with Crippen LogP contribution in [0.15, 0.2) is 24.3 Å². The van der Waals surface area contributed by atoms with Gasteiger partial charge in [0.05, 0.1) is 13.7 Å². The minimum atomic E-state index is -0.107. The second-order valence-electron chi connectivity index (χ2n) is 6.87. The third-order valence-electron chi connectivity index (χ3n) is 5.10. The maximum absolute atomic E-state index is 12.6. The Hall–Kier alpha value is -2.28. The van der Waals surface area contributed by atoms with Gasteiger partial charge in [0, 0.05) is 44.9 Å². The zero-order chi connectivity index (χ0) is 19.6. The molecule has 2 N–H and O–H groups in total. The molecular formula is C20H31N3O4. The zero-order valence-electron chi connectivity index (χ0n) is 16.5. The van der Waals surface area contributed by atoms with Crippen LogP contribution in [0, 0.1) is 11.8 Å². The fourth-order valence-electron chi connectivity index (χ4n) is 3.50. The number of hydrogen-bond acceptors (Lipinski definition) is 4. The number of methoxy groups -OCH3 is 2. The molecule has 1 saturated heterocycles. The highest BCUT2D eigenvalue weighted by Gasteiger charge is 2.31. The van der Waals surface area contributed by atoms with Crippen molar-refractivity contribution in [2.45, 2.75) is 26.2 Å². The van der Waals surface area contributed by atoms with E-state index in [0.717, 1.165) is 12.8 Å². The number of likely N-dealkylation sites (tertiary alicyclic amines) is 1. The monoisotopic (exact) mass is 377 g/mol. The zero-order valence-corrected chi connectivity index (χ0v) is 16.5.